The number of hydrogen-bond donors (Lipinski definition) is 2. The van der Waals surface area contributed by atoms with Gasteiger partial charge in [-0.25, -0.2) is 8.42 Å². The molecule has 1 unspecified atom stereocenters. The van der Waals surface area contributed by atoms with Gasteiger partial charge in [-0.15, -0.1) is 4.40 Å². The molecule has 0 aromatic heterocycles. The van der Waals surface area contributed by atoms with Gasteiger partial charge in [-0.05, 0) is 19.8 Å². The third-order valence-electron chi connectivity index (χ3n) is 4.22. The van der Waals surface area contributed by atoms with Crippen molar-refractivity contribution < 1.29 is 8.42 Å². The van der Waals surface area contributed by atoms with Crippen LogP contribution in [0.2, 0.25) is 0 Å². The zero-order chi connectivity index (χ0) is 17.1. The van der Waals surface area contributed by atoms with Crippen molar-refractivity contribution in [2.45, 2.75) is 96.1 Å². The molecule has 0 rings (SSSR count). The molecule has 0 aromatic carbocycles. The Morgan fingerprint density at radius 2 is 1.27 bits per heavy atom. The van der Waals surface area contributed by atoms with Crippen molar-refractivity contribution in [3.8, 4) is 0 Å². The van der Waals surface area contributed by atoms with Crippen LogP contribution in [0, 0.1) is 0 Å². The summed E-state index contributed by atoms with van der Waals surface area (Å²) in [7, 11) is -3.66. The summed E-state index contributed by atoms with van der Waals surface area (Å²) >= 11 is 0. The van der Waals surface area contributed by atoms with Crippen molar-refractivity contribution in [1.29, 1.82) is 0 Å². The fourth-order valence-corrected chi connectivity index (χ4v) is 3.96. The molecule has 0 amide bonds. The van der Waals surface area contributed by atoms with Gasteiger partial charge in [0, 0.05) is 0 Å². The number of guanidine groups is 1. The van der Waals surface area contributed by atoms with E-state index >= 15 is 0 Å². The molecule has 0 aliphatic rings. The second kappa shape index (κ2) is 10.9. The lowest BCUT2D eigenvalue weighted by molar-refractivity contribution is 0.437. The molecule has 0 aliphatic carbocycles. The molecule has 0 saturated carbocycles. The number of nitrogens with two attached hydrogens (primary N) is 2. The van der Waals surface area contributed by atoms with Crippen molar-refractivity contribution in [2.75, 3.05) is 0 Å². The van der Waals surface area contributed by atoms with Gasteiger partial charge in [0.15, 0.2) is 0 Å². The van der Waals surface area contributed by atoms with Crippen LogP contribution in [-0.4, -0.2) is 19.1 Å². The van der Waals surface area contributed by atoms with Crippen molar-refractivity contribution in [3.63, 3.8) is 0 Å². The van der Waals surface area contributed by atoms with Crippen LogP contribution in [0.5, 0.6) is 0 Å². The first-order valence-electron chi connectivity index (χ1n) is 8.64. The maximum Gasteiger partial charge on any atom is 0.261 e. The van der Waals surface area contributed by atoms with Gasteiger partial charge >= 0.3 is 0 Å². The van der Waals surface area contributed by atoms with E-state index in [1.54, 1.807) is 6.92 Å². The summed E-state index contributed by atoms with van der Waals surface area (Å²) in [5.41, 5.74) is 10.6. The first kappa shape index (κ1) is 21.2. The third kappa shape index (κ3) is 8.01. The predicted molar refractivity (Wildman–Crippen MR) is 95.3 cm³/mol. The molecule has 0 aliphatic heterocycles. The molecule has 6 heteroatoms. The summed E-state index contributed by atoms with van der Waals surface area (Å²) < 4.78 is 27.7. The first-order chi connectivity index (χ1) is 10.3. The number of sulfonamides is 1. The summed E-state index contributed by atoms with van der Waals surface area (Å²) in [6, 6.07) is 0. The van der Waals surface area contributed by atoms with Crippen LogP contribution < -0.4 is 11.5 Å². The predicted octanol–water partition coefficient (Wildman–Crippen LogP) is 3.68. The van der Waals surface area contributed by atoms with Crippen LogP contribution in [0.1, 0.15) is 91.4 Å². The lowest BCUT2D eigenvalue weighted by Crippen LogP contribution is -2.37. The summed E-state index contributed by atoms with van der Waals surface area (Å²) in [5.74, 6) is -0.370. The Bertz CT molecular complexity index is 417. The van der Waals surface area contributed by atoms with E-state index in [0.717, 1.165) is 44.9 Å². The Morgan fingerprint density at radius 3 is 1.68 bits per heavy atom. The van der Waals surface area contributed by atoms with E-state index in [9.17, 15) is 8.42 Å². The molecule has 0 fully saturated rings. The highest BCUT2D eigenvalue weighted by Gasteiger charge is 2.38. The molecule has 22 heavy (non-hydrogen) atoms. The van der Waals surface area contributed by atoms with Crippen LogP contribution in [0.15, 0.2) is 4.40 Å². The van der Waals surface area contributed by atoms with Crippen LogP contribution in [0.3, 0.4) is 0 Å². The van der Waals surface area contributed by atoms with Crippen LogP contribution >= 0.6 is 0 Å². The lowest BCUT2D eigenvalue weighted by Gasteiger charge is -2.27. The van der Waals surface area contributed by atoms with Crippen molar-refractivity contribution in [1.82, 2.24) is 0 Å². The van der Waals surface area contributed by atoms with Crippen LogP contribution in [0.25, 0.3) is 0 Å². The molecule has 4 N–H and O–H groups in total. The lowest BCUT2D eigenvalue weighted by atomic mass is 9.95. The Balaban J connectivity index is 4.78. The molecule has 0 heterocycles. The van der Waals surface area contributed by atoms with Gasteiger partial charge in [-0.2, -0.15) is 0 Å². The Kier molecular flexibility index (Phi) is 10.5. The van der Waals surface area contributed by atoms with E-state index < -0.39 is 14.8 Å². The van der Waals surface area contributed by atoms with E-state index in [0.29, 0.717) is 12.8 Å². The normalized spacial score (nSPS) is 14.5. The number of unbranched alkanes of at least 4 members (excludes halogenated alkanes) is 7. The van der Waals surface area contributed by atoms with Crippen molar-refractivity contribution in [3.05, 3.63) is 0 Å². The Morgan fingerprint density at radius 1 is 0.864 bits per heavy atom. The zero-order valence-corrected chi connectivity index (χ0v) is 15.4. The minimum atomic E-state index is -3.66. The van der Waals surface area contributed by atoms with Gasteiger partial charge in [0.2, 0.25) is 5.96 Å². The zero-order valence-electron chi connectivity index (χ0n) is 14.6. The summed E-state index contributed by atoms with van der Waals surface area (Å²) in [5, 5.41) is 0. The number of hydrogen-bond acceptors (Lipinski definition) is 2. The topological polar surface area (TPSA) is 98.5 Å². The standard InChI is InChI=1S/C16H35N3O2S/c1-4-6-8-10-12-14-16(3,13-11-9-7-5-2)22(20,21)19-15(17)18/h4-14H2,1-3H3,(H4,17,18,19). The van der Waals surface area contributed by atoms with E-state index in [-0.39, 0.29) is 5.96 Å². The average molecular weight is 334 g/mol. The highest BCUT2D eigenvalue weighted by atomic mass is 32.2. The van der Waals surface area contributed by atoms with Crippen molar-refractivity contribution >= 4 is 16.0 Å². The van der Waals surface area contributed by atoms with E-state index in [1.807, 2.05) is 0 Å². The molecule has 0 radical (unpaired) electrons. The summed E-state index contributed by atoms with van der Waals surface area (Å²) in [4.78, 5) is 0. The second-order valence-corrected chi connectivity index (χ2v) is 8.53. The SMILES string of the molecule is CCCCCCCC(C)(CCCCCC)S(=O)(=O)N=C(N)N. The monoisotopic (exact) mass is 333 g/mol. The Hall–Kier alpha value is -0.780. The minimum Gasteiger partial charge on any atom is -0.369 e. The molecule has 1 atom stereocenters. The minimum absolute atomic E-state index is 0.370. The highest BCUT2D eigenvalue weighted by molar-refractivity contribution is 7.91. The average Bonchev–Trinajstić information content (AvgIpc) is 2.42. The largest absolute Gasteiger partial charge is 0.369 e. The fraction of sp³-hybridized carbons (Fsp3) is 0.938. The number of rotatable bonds is 13. The van der Waals surface area contributed by atoms with Gasteiger partial charge in [-0.1, -0.05) is 71.6 Å². The third-order valence-corrected chi connectivity index (χ3v) is 6.32. The van der Waals surface area contributed by atoms with Crippen molar-refractivity contribution in [2.24, 2.45) is 15.9 Å². The molecule has 0 saturated heterocycles. The van der Waals surface area contributed by atoms with Gasteiger partial charge in [0.25, 0.3) is 10.0 Å². The van der Waals surface area contributed by atoms with Gasteiger partial charge in [0.05, 0.1) is 4.75 Å². The maximum atomic E-state index is 12.5. The molecule has 0 aromatic rings. The summed E-state index contributed by atoms with van der Waals surface area (Å²) in [6.07, 6.45) is 11.0. The van der Waals surface area contributed by atoms with E-state index in [2.05, 4.69) is 18.2 Å². The molecule has 132 valence electrons. The number of nitrogens with zero attached hydrogens (tertiary/aromatic N) is 1. The maximum absolute atomic E-state index is 12.5. The highest BCUT2D eigenvalue weighted by Crippen LogP contribution is 2.32. The van der Waals surface area contributed by atoms with Gasteiger partial charge < -0.3 is 11.5 Å². The summed E-state index contributed by atoms with van der Waals surface area (Å²) in [6.45, 7) is 6.10. The van der Waals surface area contributed by atoms with Crippen LogP contribution in [0.4, 0.5) is 0 Å². The smallest absolute Gasteiger partial charge is 0.261 e. The molecule has 0 bridgehead atoms. The first-order valence-corrected chi connectivity index (χ1v) is 10.1. The quantitative estimate of drug-likeness (QED) is 0.305. The molecular formula is C16H35N3O2S. The van der Waals surface area contributed by atoms with Crippen LogP contribution in [-0.2, 0) is 10.0 Å². The molecular weight excluding hydrogens is 298 g/mol. The van der Waals surface area contributed by atoms with E-state index in [4.69, 9.17) is 11.5 Å². The molecule has 5 nitrogen and oxygen atoms in total. The molecule has 0 spiro atoms. The second-order valence-electron chi connectivity index (χ2n) is 6.42. The van der Waals surface area contributed by atoms with Gasteiger partial charge in [-0.3, -0.25) is 0 Å². The Labute approximate surface area is 137 Å². The van der Waals surface area contributed by atoms with Gasteiger partial charge in [0.1, 0.15) is 0 Å². The fourth-order valence-electron chi connectivity index (χ4n) is 2.66. The van der Waals surface area contributed by atoms with E-state index in [1.165, 1.54) is 12.8 Å².